The summed E-state index contributed by atoms with van der Waals surface area (Å²) in [7, 11) is 0. The molecule has 1 aliphatic rings. The van der Waals surface area contributed by atoms with Gasteiger partial charge in [0.25, 0.3) is 0 Å². The molecule has 0 aromatic rings. The Hall–Kier alpha value is -0.940. The molecule has 0 bridgehead atoms. The smallest absolute Gasteiger partial charge is 0.0787 e. The lowest BCUT2D eigenvalue weighted by Crippen LogP contribution is -2.05. The summed E-state index contributed by atoms with van der Waals surface area (Å²) in [5.74, 6) is 6.08. The molecule has 1 aliphatic carbocycles. The van der Waals surface area contributed by atoms with Crippen molar-refractivity contribution in [1.82, 2.24) is 0 Å². The third-order valence-corrected chi connectivity index (χ3v) is 1.52. The molecular formula is C8H11NO. The summed E-state index contributed by atoms with van der Waals surface area (Å²) >= 11 is 0. The second kappa shape index (κ2) is 3.28. The highest BCUT2D eigenvalue weighted by molar-refractivity contribution is 5.30. The number of nitrogens with two attached hydrogens (primary N) is 1. The van der Waals surface area contributed by atoms with E-state index in [1.54, 1.807) is 0 Å². The van der Waals surface area contributed by atoms with Gasteiger partial charge < -0.3 is 10.8 Å². The molecule has 3 N–H and O–H groups in total. The van der Waals surface area contributed by atoms with Crippen LogP contribution in [0.3, 0.4) is 0 Å². The van der Waals surface area contributed by atoms with Gasteiger partial charge in [-0.2, -0.15) is 0 Å². The molecule has 2 heteroatoms. The van der Waals surface area contributed by atoms with Crippen molar-refractivity contribution < 1.29 is 5.11 Å². The van der Waals surface area contributed by atoms with E-state index in [9.17, 15) is 0 Å². The number of rotatable bonds is 2. The van der Waals surface area contributed by atoms with Crippen LogP contribution in [0.5, 0.6) is 0 Å². The zero-order chi connectivity index (χ0) is 7.40. The highest BCUT2D eigenvalue weighted by atomic mass is 16.3. The Bertz CT molecular complexity index is 197. The highest BCUT2D eigenvalue weighted by Gasteiger charge is 2.05. The first-order chi connectivity index (χ1) is 4.83. The van der Waals surface area contributed by atoms with Gasteiger partial charge in [-0.1, -0.05) is 12.0 Å². The lowest BCUT2D eigenvalue weighted by atomic mass is 9.99. The van der Waals surface area contributed by atoms with Crippen molar-refractivity contribution in [2.45, 2.75) is 12.8 Å². The molecule has 0 saturated carbocycles. The fraction of sp³-hybridized carbons (Fsp3) is 0.500. The van der Waals surface area contributed by atoms with Crippen LogP contribution in [0.2, 0.25) is 0 Å². The number of hydrogen-bond donors (Lipinski definition) is 2. The van der Waals surface area contributed by atoms with E-state index in [1.165, 1.54) is 0 Å². The minimum absolute atomic E-state index is 0.215. The average molecular weight is 137 g/mol. The van der Waals surface area contributed by atoms with Crippen LogP contribution in [0.4, 0.5) is 0 Å². The van der Waals surface area contributed by atoms with E-state index in [4.69, 9.17) is 10.8 Å². The van der Waals surface area contributed by atoms with Gasteiger partial charge >= 0.3 is 0 Å². The Morgan fingerprint density at radius 2 is 2.60 bits per heavy atom. The normalized spacial score (nSPS) is 22.9. The topological polar surface area (TPSA) is 46.2 Å². The van der Waals surface area contributed by atoms with E-state index in [2.05, 4.69) is 11.8 Å². The standard InChI is InChI=1S/C8H11NO/c9-8-3-1-7(2-4-8)5-6-10/h3,7,10H,1,5-6,9H2. The molecule has 0 aliphatic heterocycles. The van der Waals surface area contributed by atoms with E-state index in [1.807, 2.05) is 6.08 Å². The van der Waals surface area contributed by atoms with E-state index >= 15 is 0 Å². The lowest BCUT2D eigenvalue weighted by molar-refractivity contribution is 0.272. The van der Waals surface area contributed by atoms with Crippen molar-refractivity contribution in [2.75, 3.05) is 6.61 Å². The predicted molar refractivity (Wildman–Crippen MR) is 39.9 cm³/mol. The van der Waals surface area contributed by atoms with Gasteiger partial charge in [-0.3, -0.25) is 0 Å². The lowest BCUT2D eigenvalue weighted by Gasteiger charge is -2.08. The van der Waals surface area contributed by atoms with Crippen LogP contribution in [0, 0.1) is 17.8 Å². The van der Waals surface area contributed by atoms with Crippen LogP contribution >= 0.6 is 0 Å². The quantitative estimate of drug-likeness (QED) is 0.535. The molecule has 0 amide bonds. The van der Waals surface area contributed by atoms with Crippen molar-refractivity contribution in [1.29, 1.82) is 0 Å². The van der Waals surface area contributed by atoms with E-state index in [0.717, 1.165) is 12.8 Å². The van der Waals surface area contributed by atoms with Crippen LogP contribution in [-0.4, -0.2) is 11.7 Å². The predicted octanol–water partition coefficient (Wildman–Crippen LogP) is 0.235. The van der Waals surface area contributed by atoms with Gasteiger partial charge in [-0.05, 0) is 18.8 Å². The fourth-order valence-corrected chi connectivity index (χ4v) is 0.910. The second-order valence-electron chi connectivity index (χ2n) is 2.37. The van der Waals surface area contributed by atoms with Crippen LogP contribution in [0.25, 0.3) is 0 Å². The zero-order valence-corrected chi connectivity index (χ0v) is 5.80. The zero-order valence-electron chi connectivity index (χ0n) is 5.80. The van der Waals surface area contributed by atoms with Crippen molar-refractivity contribution in [2.24, 2.45) is 11.7 Å². The first-order valence-electron chi connectivity index (χ1n) is 3.41. The summed E-state index contributed by atoms with van der Waals surface area (Å²) in [6, 6.07) is 0. The Morgan fingerprint density at radius 1 is 1.80 bits per heavy atom. The highest BCUT2D eigenvalue weighted by Crippen LogP contribution is 2.11. The largest absolute Gasteiger partial charge is 0.396 e. The first kappa shape index (κ1) is 7.17. The van der Waals surface area contributed by atoms with Gasteiger partial charge in [-0.15, -0.1) is 0 Å². The molecule has 2 nitrogen and oxygen atoms in total. The SMILES string of the molecule is NC1=CCC(CCO)C#C1. The maximum atomic E-state index is 8.56. The summed E-state index contributed by atoms with van der Waals surface area (Å²) < 4.78 is 0. The van der Waals surface area contributed by atoms with Crippen molar-refractivity contribution in [3.63, 3.8) is 0 Å². The summed E-state index contributed by atoms with van der Waals surface area (Å²) in [4.78, 5) is 0. The summed E-state index contributed by atoms with van der Waals surface area (Å²) in [5, 5.41) is 8.56. The summed E-state index contributed by atoms with van der Waals surface area (Å²) in [5.41, 5.74) is 6.08. The maximum Gasteiger partial charge on any atom is 0.0787 e. The van der Waals surface area contributed by atoms with Gasteiger partial charge in [0.1, 0.15) is 0 Å². The number of aliphatic hydroxyl groups is 1. The molecule has 1 atom stereocenters. The molecule has 0 saturated heterocycles. The molecule has 1 unspecified atom stereocenters. The van der Waals surface area contributed by atoms with Crippen molar-refractivity contribution in [3.05, 3.63) is 11.8 Å². The number of allylic oxidation sites excluding steroid dienone is 2. The Labute approximate surface area is 60.7 Å². The third kappa shape index (κ3) is 1.78. The number of aliphatic hydroxyl groups excluding tert-OH is 1. The third-order valence-electron chi connectivity index (χ3n) is 1.52. The molecular weight excluding hydrogens is 126 g/mol. The molecule has 0 aromatic heterocycles. The fourth-order valence-electron chi connectivity index (χ4n) is 0.910. The summed E-state index contributed by atoms with van der Waals surface area (Å²) in [6.07, 6.45) is 3.56. The Morgan fingerprint density at radius 3 is 3.10 bits per heavy atom. The van der Waals surface area contributed by atoms with Gasteiger partial charge in [0.2, 0.25) is 0 Å². The molecule has 54 valence electrons. The van der Waals surface area contributed by atoms with Gasteiger partial charge in [0.05, 0.1) is 5.70 Å². The maximum absolute atomic E-state index is 8.56. The van der Waals surface area contributed by atoms with E-state index in [0.29, 0.717) is 11.6 Å². The van der Waals surface area contributed by atoms with Crippen molar-refractivity contribution in [3.8, 4) is 11.8 Å². The van der Waals surface area contributed by atoms with Crippen LogP contribution in [0.15, 0.2) is 11.8 Å². The van der Waals surface area contributed by atoms with Crippen LogP contribution in [0.1, 0.15) is 12.8 Å². The van der Waals surface area contributed by atoms with Crippen LogP contribution < -0.4 is 5.73 Å². The Kier molecular flexibility index (Phi) is 2.35. The molecule has 1 rings (SSSR count). The summed E-state index contributed by atoms with van der Waals surface area (Å²) in [6.45, 7) is 0.215. The first-order valence-corrected chi connectivity index (χ1v) is 3.41. The molecule has 0 radical (unpaired) electrons. The molecule has 10 heavy (non-hydrogen) atoms. The second-order valence-corrected chi connectivity index (χ2v) is 2.37. The molecule has 0 aromatic carbocycles. The monoisotopic (exact) mass is 137 g/mol. The van der Waals surface area contributed by atoms with E-state index in [-0.39, 0.29) is 6.61 Å². The molecule has 0 heterocycles. The minimum Gasteiger partial charge on any atom is -0.396 e. The van der Waals surface area contributed by atoms with E-state index < -0.39 is 0 Å². The molecule has 0 fully saturated rings. The van der Waals surface area contributed by atoms with Crippen LogP contribution in [-0.2, 0) is 0 Å². The molecule has 0 spiro atoms. The minimum atomic E-state index is 0.215. The van der Waals surface area contributed by atoms with Crippen molar-refractivity contribution >= 4 is 0 Å². The van der Waals surface area contributed by atoms with Gasteiger partial charge in [-0.25, -0.2) is 0 Å². The number of hydrogen-bond acceptors (Lipinski definition) is 2. The van der Waals surface area contributed by atoms with Gasteiger partial charge in [0, 0.05) is 12.5 Å². The average Bonchev–Trinajstić information content (AvgIpc) is 1.95. The Balaban J connectivity index is 2.43. The van der Waals surface area contributed by atoms with Gasteiger partial charge in [0.15, 0.2) is 0 Å².